The van der Waals surface area contributed by atoms with Crippen molar-refractivity contribution in [2.24, 2.45) is 5.10 Å². The van der Waals surface area contributed by atoms with Gasteiger partial charge in [-0.25, -0.2) is 5.43 Å². The van der Waals surface area contributed by atoms with E-state index >= 15 is 0 Å². The molecule has 27 heavy (non-hydrogen) atoms. The third-order valence-electron chi connectivity index (χ3n) is 3.65. The Kier molecular flexibility index (Phi) is 7.10. The Morgan fingerprint density at radius 3 is 2.48 bits per heavy atom. The van der Waals surface area contributed by atoms with Crippen LogP contribution in [0.1, 0.15) is 18.1 Å². The number of hydrogen-bond acceptors (Lipinski definition) is 5. The lowest BCUT2D eigenvalue weighted by molar-refractivity contribution is -0.119. The van der Waals surface area contributed by atoms with E-state index in [-0.39, 0.29) is 24.0 Å². The number of hydrogen-bond donors (Lipinski definition) is 2. The zero-order chi connectivity index (χ0) is 19.8. The minimum Gasteiger partial charge on any atom is -0.493 e. The van der Waals surface area contributed by atoms with Crippen molar-refractivity contribution in [1.29, 1.82) is 0 Å². The van der Waals surface area contributed by atoms with Crippen molar-refractivity contribution in [2.75, 3.05) is 19.0 Å². The Morgan fingerprint density at radius 1 is 1.15 bits per heavy atom. The smallest absolute Gasteiger partial charge is 0.387 e. The Hall–Kier alpha value is -3.16. The highest BCUT2D eigenvalue weighted by atomic mass is 19.3. The molecule has 0 aliphatic rings. The van der Waals surface area contributed by atoms with E-state index in [4.69, 9.17) is 4.74 Å². The van der Waals surface area contributed by atoms with Crippen LogP contribution in [0.25, 0.3) is 0 Å². The standard InChI is InChI=1S/C19H21F2N3O3/c1-12-4-7-15(8-5-12)22-11-18(25)24-23-13(2)14-6-9-16(27-19(20)21)17(10-14)26-3/h4-10,19,22H,11H2,1-3H3,(H,24,25)/b23-13-. The molecule has 2 N–H and O–H groups in total. The van der Waals surface area contributed by atoms with Crippen LogP contribution < -0.4 is 20.2 Å². The molecule has 0 aliphatic heterocycles. The highest BCUT2D eigenvalue weighted by molar-refractivity contribution is 5.99. The van der Waals surface area contributed by atoms with Gasteiger partial charge in [0.2, 0.25) is 0 Å². The first-order chi connectivity index (χ1) is 12.9. The molecule has 8 heteroatoms. The van der Waals surface area contributed by atoms with Gasteiger partial charge in [0.15, 0.2) is 11.5 Å². The van der Waals surface area contributed by atoms with E-state index in [1.165, 1.54) is 19.2 Å². The first kappa shape index (κ1) is 20.2. The summed E-state index contributed by atoms with van der Waals surface area (Å²) < 4.78 is 34.2. The number of methoxy groups -OCH3 is 1. The van der Waals surface area contributed by atoms with Crippen molar-refractivity contribution in [3.05, 3.63) is 53.6 Å². The maximum Gasteiger partial charge on any atom is 0.387 e. The number of aryl methyl sites for hydroxylation is 1. The van der Waals surface area contributed by atoms with Gasteiger partial charge in [-0.15, -0.1) is 0 Å². The minimum absolute atomic E-state index is 0.0598. The van der Waals surface area contributed by atoms with Gasteiger partial charge in [-0.1, -0.05) is 17.7 Å². The van der Waals surface area contributed by atoms with Crippen molar-refractivity contribution < 1.29 is 23.0 Å². The molecule has 2 aromatic rings. The number of alkyl halides is 2. The molecule has 0 unspecified atom stereocenters. The van der Waals surface area contributed by atoms with Crippen LogP contribution in [-0.4, -0.2) is 31.9 Å². The summed E-state index contributed by atoms with van der Waals surface area (Å²) in [5.41, 5.74) is 5.49. The molecule has 0 fully saturated rings. The van der Waals surface area contributed by atoms with Crippen molar-refractivity contribution in [2.45, 2.75) is 20.5 Å². The number of anilines is 1. The first-order valence-corrected chi connectivity index (χ1v) is 8.16. The molecule has 0 heterocycles. The van der Waals surface area contributed by atoms with Crippen LogP contribution in [0.2, 0.25) is 0 Å². The molecule has 0 saturated carbocycles. The number of rotatable bonds is 8. The van der Waals surface area contributed by atoms with E-state index in [0.717, 1.165) is 11.3 Å². The van der Waals surface area contributed by atoms with Crippen LogP contribution in [0.15, 0.2) is 47.6 Å². The number of nitrogens with zero attached hydrogens (tertiary/aromatic N) is 1. The molecule has 0 radical (unpaired) electrons. The zero-order valence-corrected chi connectivity index (χ0v) is 15.3. The van der Waals surface area contributed by atoms with Gasteiger partial charge in [-0.2, -0.15) is 13.9 Å². The molecular weight excluding hydrogens is 356 g/mol. The third-order valence-corrected chi connectivity index (χ3v) is 3.65. The van der Waals surface area contributed by atoms with Gasteiger partial charge < -0.3 is 14.8 Å². The fourth-order valence-corrected chi connectivity index (χ4v) is 2.19. The number of benzene rings is 2. The Balaban J connectivity index is 1.95. The van der Waals surface area contributed by atoms with Crippen molar-refractivity contribution >= 4 is 17.3 Å². The zero-order valence-electron chi connectivity index (χ0n) is 15.3. The second kappa shape index (κ2) is 9.51. The third kappa shape index (κ3) is 6.25. The van der Waals surface area contributed by atoms with Gasteiger partial charge in [-0.05, 0) is 44.2 Å². The lowest BCUT2D eigenvalue weighted by atomic mass is 10.1. The topological polar surface area (TPSA) is 72.0 Å². The highest BCUT2D eigenvalue weighted by Gasteiger charge is 2.12. The van der Waals surface area contributed by atoms with Crippen molar-refractivity contribution in [1.82, 2.24) is 5.43 Å². The number of halogens is 2. The largest absolute Gasteiger partial charge is 0.493 e. The van der Waals surface area contributed by atoms with Crippen LogP contribution in [0, 0.1) is 6.92 Å². The molecular formula is C19H21F2N3O3. The van der Waals surface area contributed by atoms with E-state index in [9.17, 15) is 13.6 Å². The number of carbonyl (C=O) groups excluding carboxylic acids is 1. The summed E-state index contributed by atoms with van der Waals surface area (Å²) in [5, 5.41) is 7.01. The second-order valence-electron chi connectivity index (χ2n) is 5.70. The van der Waals surface area contributed by atoms with E-state index < -0.39 is 6.61 Å². The van der Waals surface area contributed by atoms with E-state index in [1.54, 1.807) is 13.0 Å². The first-order valence-electron chi connectivity index (χ1n) is 8.16. The number of carbonyl (C=O) groups is 1. The van der Waals surface area contributed by atoms with Crippen LogP contribution in [0.5, 0.6) is 11.5 Å². The average molecular weight is 377 g/mol. The molecule has 144 valence electrons. The summed E-state index contributed by atoms with van der Waals surface area (Å²) in [6.45, 7) is 0.773. The summed E-state index contributed by atoms with van der Waals surface area (Å²) in [7, 11) is 1.35. The van der Waals surface area contributed by atoms with Gasteiger partial charge in [-0.3, -0.25) is 4.79 Å². The average Bonchev–Trinajstić information content (AvgIpc) is 2.65. The second-order valence-corrected chi connectivity index (χ2v) is 5.70. The maximum atomic E-state index is 12.4. The SMILES string of the molecule is COc1cc(/C(C)=N\NC(=O)CNc2ccc(C)cc2)ccc1OC(F)F. The predicted molar refractivity (Wildman–Crippen MR) is 99.6 cm³/mol. The minimum atomic E-state index is -2.94. The normalized spacial score (nSPS) is 11.3. The molecule has 6 nitrogen and oxygen atoms in total. The van der Waals surface area contributed by atoms with Crippen molar-refractivity contribution in [3.63, 3.8) is 0 Å². The Labute approximate surface area is 156 Å². The monoisotopic (exact) mass is 377 g/mol. The van der Waals surface area contributed by atoms with Crippen molar-refractivity contribution in [3.8, 4) is 11.5 Å². The van der Waals surface area contributed by atoms with E-state index in [0.29, 0.717) is 11.3 Å². The summed E-state index contributed by atoms with van der Waals surface area (Å²) in [6, 6.07) is 12.1. The predicted octanol–water partition coefficient (Wildman–Crippen LogP) is 3.56. The molecule has 0 saturated heterocycles. The number of ether oxygens (including phenoxy) is 2. The molecule has 0 spiro atoms. The van der Waals surface area contributed by atoms with Gasteiger partial charge in [0.1, 0.15) is 0 Å². The highest BCUT2D eigenvalue weighted by Crippen LogP contribution is 2.29. The summed E-state index contributed by atoms with van der Waals surface area (Å²) in [6.07, 6.45) is 0. The lowest BCUT2D eigenvalue weighted by Crippen LogP contribution is -2.26. The summed E-state index contributed by atoms with van der Waals surface area (Å²) >= 11 is 0. The van der Waals surface area contributed by atoms with Gasteiger partial charge in [0, 0.05) is 11.3 Å². The van der Waals surface area contributed by atoms with E-state index in [2.05, 4.69) is 20.6 Å². The fourth-order valence-electron chi connectivity index (χ4n) is 2.19. The fraction of sp³-hybridized carbons (Fsp3) is 0.263. The van der Waals surface area contributed by atoms with Crippen LogP contribution >= 0.6 is 0 Å². The quantitative estimate of drug-likeness (QED) is 0.545. The molecule has 0 atom stereocenters. The van der Waals surface area contributed by atoms with Crippen LogP contribution in [-0.2, 0) is 4.79 Å². The van der Waals surface area contributed by atoms with Gasteiger partial charge in [0.05, 0.1) is 19.4 Å². The molecule has 0 aliphatic carbocycles. The van der Waals surface area contributed by atoms with Gasteiger partial charge in [0.25, 0.3) is 5.91 Å². The number of nitrogens with one attached hydrogen (secondary N) is 2. The molecule has 0 bridgehead atoms. The molecule has 0 aromatic heterocycles. The van der Waals surface area contributed by atoms with Crippen LogP contribution in [0.3, 0.4) is 0 Å². The number of hydrazone groups is 1. The maximum absolute atomic E-state index is 12.4. The summed E-state index contributed by atoms with van der Waals surface area (Å²) in [5.74, 6) is -0.246. The number of amides is 1. The van der Waals surface area contributed by atoms with Gasteiger partial charge >= 0.3 is 6.61 Å². The molecule has 2 rings (SSSR count). The van der Waals surface area contributed by atoms with E-state index in [1.807, 2.05) is 31.2 Å². The Morgan fingerprint density at radius 2 is 1.85 bits per heavy atom. The molecule has 2 aromatic carbocycles. The van der Waals surface area contributed by atoms with Crippen LogP contribution in [0.4, 0.5) is 14.5 Å². The summed E-state index contributed by atoms with van der Waals surface area (Å²) in [4.78, 5) is 11.9. The lowest BCUT2D eigenvalue weighted by Gasteiger charge is -2.11. The Bertz CT molecular complexity index is 808. The molecule has 1 amide bonds.